The molecule has 0 N–H and O–H groups in total. The minimum Gasteiger partial charge on any atom is -0.462 e. The van der Waals surface area contributed by atoms with Gasteiger partial charge in [-0.2, -0.15) is 15.6 Å². The molecule has 0 aliphatic heterocycles. The van der Waals surface area contributed by atoms with E-state index in [-0.39, 0.29) is 12.2 Å². The molecular weight excluding hydrogens is 304 g/mol. The smallest absolute Gasteiger partial charge is 0.348 e. The molecule has 0 saturated heterocycles. The van der Waals surface area contributed by atoms with E-state index >= 15 is 0 Å². The number of esters is 1. The number of benzene rings is 1. The summed E-state index contributed by atoms with van der Waals surface area (Å²) >= 11 is 0. The molecule has 24 heavy (non-hydrogen) atoms. The molecule has 2 aromatic rings. The summed E-state index contributed by atoms with van der Waals surface area (Å²) in [6.07, 6.45) is 3.51. The standard InChI is InChI=1S/C18H16N4O2/c1-2-24-18(23)15(12-20)11-16-13-22(10-6-9-19)21-17(16)14-7-4-3-5-8-14/h3-5,7-8,11,13H,2,6,10H2,1H3/b15-11+. The fourth-order valence-corrected chi connectivity index (χ4v) is 2.14. The van der Waals surface area contributed by atoms with Gasteiger partial charge in [0.15, 0.2) is 0 Å². The first-order valence-corrected chi connectivity index (χ1v) is 7.48. The van der Waals surface area contributed by atoms with Crippen LogP contribution in [0.2, 0.25) is 0 Å². The van der Waals surface area contributed by atoms with Gasteiger partial charge in [-0.1, -0.05) is 30.3 Å². The van der Waals surface area contributed by atoms with Gasteiger partial charge in [0, 0.05) is 17.3 Å². The zero-order chi connectivity index (χ0) is 17.4. The summed E-state index contributed by atoms with van der Waals surface area (Å²) in [7, 11) is 0. The van der Waals surface area contributed by atoms with Gasteiger partial charge >= 0.3 is 5.97 Å². The second-order valence-electron chi connectivity index (χ2n) is 4.86. The molecule has 2 rings (SSSR count). The molecule has 120 valence electrons. The summed E-state index contributed by atoms with van der Waals surface area (Å²) in [6.45, 7) is 2.32. The summed E-state index contributed by atoms with van der Waals surface area (Å²) in [5, 5.41) is 22.4. The van der Waals surface area contributed by atoms with Crippen molar-refractivity contribution in [2.45, 2.75) is 19.9 Å². The molecule has 6 nitrogen and oxygen atoms in total. The molecule has 1 heterocycles. The highest BCUT2D eigenvalue weighted by molar-refractivity contribution is 5.98. The van der Waals surface area contributed by atoms with Crippen molar-refractivity contribution in [3.8, 4) is 23.4 Å². The first-order valence-electron chi connectivity index (χ1n) is 7.48. The minimum atomic E-state index is -0.663. The van der Waals surface area contributed by atoms with E-state index in [9.17, 15) is 10.1 Å². The lowest BCUT2D eigenvalue weighted by Gasteiger charge is -2.00. The lowest BCUT2D eigenvalue weighted by molar-refractivity contribution is -0.137. The molecule has 0 saturated carbocycles. The van der Waals surface area contributed by atoms with E-state index in [1.807, 2.05) is 36.4 Å². The first-order chi connectivity index (χ1) is 11.7. The van der Waals surface area contributed by atoms with Crippen LogP contribution in [0.4, 0.5) is 0 Å². The molecule has 6 heteroatoms. The highest BCUT2D eigenvalue weighted by Gasteiger charge is 2.14. The molecule has 0 spiro atoms. The maximum absolute atomic E-state index is 11.8. The van der Waals surface area contributed by atoms with Gasteiger partial charge in [-0.05, 0) is 13.0 Å². The number of carbonyl (C=O) groups excluding carboxylic acids is 1. The molecule has 0 unspecified atom stereocenters. The third-order valence-electron chi connectivity index (χ3n) is 3.21. The van der Waals surface area contributed by atoms with Gasteiger partial charge < -0.3 is 4.74 Å². The number of hydrogen-bond donors (Lipinski definition) is 0. The van der Waals surface area contributed by atoms with Crippen LogP contribution in [0, 0.1) is 22.7 Å². The Kier molecular flexibility index (Phi) is 5.88. The topological polar surface area (TPSA) is 91.7 Å². The second-order valence-corrected chi connectivity index (χ2v) is 4.86. The lowest BCUT2D eigenvalue weighted by atomic mass is 10.1. The van der Waals surface area contributed by atoms with Gasteiger partial charge in [0.1, 0.15) is 11.6 Å². The van der Waals surface area contributed by atoms with Crippen molar-refractivity contribution < 1.29 is 9.53 Å². The molecule has 0 aliphatic rings. The van der Waals surface area contributed by atoms with Crippen molar-refractivity contribution in [3.63, 3.8) is 0 Å². The highest BCUT2D eigenvalue weighted by atomic mass is 16.5. The predicted molar refractivity (Wildman–Crippen MR) is 88.1 cm³/mol. The zero-order valence-corrected chi connectivity index (χ0v) is 13.3. The average molecular weight is 320 g/mol. The van der Waals surface area contributed by atoms with E-state index in [4.69, 9.17) is 10.00 Å². The molecule has 0 radical (unpaired) electrons. The number of aromatic nitrogens is 2. The number of carbonyl (C=O) groups is 1. The SMILES string of the molecule is CCOC(=O)/C(C#N)=C/c1cn(CCC#N)nc1-c1ccccc1. The van der Waals surface area contributed by atoms with Crippen LogP contribution in [0.1, 0.15) is 18.9 Å². The molecular formula is C18H16N4O2. The van der Waals surface area contributed by atoms with Gasteiger partial charge in [0.2, 0.25) is 0 Å². The van der Waals surface area contributed by atoms with Crippen molar-refractivity contribution in [2.24, 2.45) is 0 Å². The lowest BCUT2D eigenvalue weighted by Crippen LogP contribution is -2.06. The van der Waals surface area contributed by atoms with Gasteiger partial charge in [-0.3, -0.25) is 4.68 Å². The van der Waals surface area contributed by atoms with Crippen molar-refractivity contribution in [1.29, 1.82) is 10.5 Å². The van der Waals surface area contributed by atoms with Crippen LogP contribution in [0.3, 0.4) is 0 Å². The zero-order valence-electron chi connectivity index (χ0n) is 13.3. The number of nitriles is 2. The summed E-state index contributed by atoms with van der Waals surface area (Å²) < 4.78 is 6.52. The normalized spacial score (nSPS) is 10.7. The van der Waals surface area contributed by atoms with Crippen LogP contribution in [0.15, 0.2) is 42.1 Å². The monoisotopic (exact) mass is 320 g/mol. The Hall–Kier alpha value is -3.38. The van der Waals surface area contributed by atoms with Gasteiger partial charge in [0.05, 0.1) is 31.3 Å². The van der Waals surface area contributed by atoms with Gasteiger partial charge in [-0.25, -0.2) is 4.79 Å². The van der Waals surface area contributed by atoms with Crippen LogP contribution in [-0.4, -0.2) is 22.4 Å². The maximum atomic E-state index is 11.8. The molecule has 0 bridgehead atoms. The van der Waals surface area contributed by atoms with Crippen molar-refractivity contribution in [3.05, 3.63) is 47.7 Å². The van der Waals surface area contributed by atoms with Crippen molar-refractivity contribution >= 4 is 12.0 Å². The van der Waals surface area contributed by atoms with E-state index in [1.165, 1.54) is 6.08 Å². The molecule has 0 amide bonds. The number of ether oxygens (including phenoxy) is 1. The Bertz CT molecular complexity index is 823. The maximum Gasteiger partial charge on any atom is 0.348 e. The molecule has 1 aromatic heterocycles. The summed E-state index contributed by atoms with van der Waals surface area (Å²) in [4.78, 5) is 11.8. The summed E-state index contributed by atoms with van der Waals surface area (Å²) in [5.74, 6) is -0.663. The van der Waals surface area contributed by atoms with E-state index in [1.54, 1.807) is 17.8 Å². The number of nitrogens with zero attached hydrogens (tertiary/aromatic N) is 4. The number of hydrogen-bond acceptors (Lipinski definition) is 5. The molecule has 0 fully saturated rings. The molecule has 0 aliphatic carbocycles. The fourth-order valence-electron chi connectivity index (χ4n) is 2.14. The summed E-state index contributed by atoms with van der Waals surface area (Å²) in [6, 6.07) is 13.4. The first kappa shape index (κ1) is 17.0. The molecule has 1 aromatic carbocycles. The van der Waals surface area contributed by atoms with Crippen LogP contribution < -0.4 is 0 Å². The third-order valence-corrected chi connectivity index (χ3v) is 3.21. The van der Waals surface area contributed by atoms with Crippen LogP contribution in [-0.2, 0) is 16.1 Å². The Labute approximate surface area is 140 Å². The Morgan fingerprint density at radius 3 is 2.71 bits per heavy atom. The van der Waals surface area contributed by atoms with Crippen molar-refractivity contribution in [1.82, 2.24) is 9.78 Å². The van der Waals surface area contributed by atoms with E-state index in [2.05, 4.69) is 11.2 Å². The third kappa shape index (κ3) is 4.08. The predicted octanol–water partition coefficient (Wildman–Crippen LogP) is 2.93. The number of rotatable bonds is 6. The van der Waals surface area contributed by atoms with E-state index in [0.717, 1.165) is 5.56 Å². The quantitative estimate of drug-likeness (QED) is 0.463. The van der Waals surface area contributed by atoms with E-state index in [0.29, 0.717) is 24.2 Å². The fraction of sp³-hybridized carbons (Fsp3) is 0.222. The Morgan fingerprint density at radius 2 is 2.08 bits per heavy atom. The largest absolute Gasteiger partial charge is 0.462 e. The molecule has 0 atom stereocenters. The summed E-state index contributed by atoms with van der Waals surface area (Å²) in [5.41, 5.74) is 2.05. The van der Waals surface area contributed by atoms with Crippen LogP contribution >= 0.6 is 0 Å². The second kappa shape index (κ2) is 8.30. The Morgan fingerprint density at radius 1 is 1.33 bits per heavy atom. The van der Waals surface area contributed by atoms with Gasteiger partial charge in [0.25, 0.3) is 0 Å². The van der Waals surface area contributed by atoms with Crippen molar-refractivity contribution in [2.75, 3.05) is 6.61 Å². The average Bonchev–Trinajstić information content (AvgIpc) is 3.01. The number of aryl methyl sites for hydroxylation is 1. The van der Waals surface area contributed by atoms with E-state index < -0.39 is 5.97 Å². The minimum absolute atomic E-state index is 0.0890. The van der Waals surface area contributed by atoms with Crippen LogP contribution in [0.5, 0.6) is 0 Å². The van der Waals surface area contributed by atoms with Crippen LogP contribution in [0.25, 0.3) is 17.3 Å². The highest BCUT2D eigenvalue weighted by Crippen LogP contribution is 2.24. The van der Waals surface area contributed by atoms with Gasteiger partial charge in [-0.15, -0.1) is 0 Å². The Balaban J connectivity index is 2.47.